The molecule has 0 spiro atoms. The number of guanidine groups is 1. The van der Waals surface area contributed by atoms with Crippen molar-refractivity contribution in [3.63, 3.8) is 0 Å². The Morgan fingerprint density at radius 1 is 1.57 bits per heavy atom. The molecule has 2 aliphatic heterocycles. The number of carbonyl (C=O) groups excluding carboxylic acids is 1. The van der Waals surface area contributed by atoms with Gasteiger partial charge >= 0.3 is 5.97 Å². The number of aromatic nitrogens is 1. The zero-order chi connectivity index (χ0) is 15.4. The summed E-state index contributed by atoms with van der Waals surface area (Å²) < 4.78 is 23.9. The van der Waals surface area contributed by atoms with Crippen LogP contribution >= 0.6 is 0 Å². The lowest BCUT2D eigenvalue weighted by Crippen LogP contribution is -2.38. The number of methoxy groups -OCH3 is 1. The maximum absolute atomic E-state index is 11.5. The number of rotatable bonds is 1. The van der Waals surface area contributed by atoms with Crippen molar-refractivity contribution in [1.29, 1.82) is 0 Å². The molecule has 8 heteroatoms. The summed E-state index contributed by atoms with van der Waals surface area (Å²) in [7, 11) is 1.35. The average Bonchev–Trinajstić information content (AvgIpc) is 2.97. The highest BCUT2D eigenvalue weighted by molar-refractivity contribution is 5.89. The highest BCUT2D eigenvalue weighted by Crippen LogP contribution is 2.40. The van der Waals surface area contributed by atoms with E-state index in [-0.39, 0.29) is 6.04 Å². The number of ether oxygens (including phenoxy) is 1. The number of hydrogen-bond donors (Lipinski definition) is 1. The van der Waals surface area contributed by atoms with E-state index in [9.17, 15) is 13.6 Å². The maximum atomic E-state index is 11.5. The average molecular weight is 298 g/mol. The van der Waals surface area contributed by atoms with Gasteiger partial charge in [0.2, 0.25) is 6.93 Å². The van der Waals surface area contributed by atoms with Crippen molar-refractivity contribution in [2.45, 2.75) is 18.9 Å². The Bertz CT molecular complexity index is 565. The van der Waals surface area contributed by atoms with E-state index in [2.05, 4.69) is 19.6 Å². The molecule has 2 aliphatic rings. The van der Waals surface area contributed by atoms with Gasteiger partial charge in [-0.25, -0.2) is 23.6 Å². The molecule has 6 nitrogen and oxygen atoms in total. The summed E-state index contributed by atoms with van der Waals surface area (Å²) in [5, 5.41) is 0. The minimum atomic E-state index is -1.75. The molecule has 3 heterocycles. The van der Waals surface area contributed by atoms with Crippen molar-refractivity contribution >= 4 is 17.6 Å². The molecule has 0 aliphatic carbocycles. The Kier molecular flexibility index (Phi) is 4.66. The van der Waals surface area contributed by atoms with Gasteiger partial charge in [0.1, 0.15) is 5.69 Å². The summed E-state index contributed by atoms with van der Waals surface area (Å²) in [5.74, 6) is 0.113. The first-order valence-corrected chi connectivity index (χ1v) is 6.43. The first kappa shape index (κ1) is 15.1. The van der Waals surface area contributed by atoms with E-state index in [1.807, 2.05) is 0 Å². The zero-order valence-corrected chi connectivity index (χ0v) is 11.6. The number of aliphatic imine (C=N–C) groups is 1. The summed E-state index contributed by atoms with van der Waals surface area (Å²) in [6, 6.07) is 1.98. The quantitative estimate of drug-likeness (QED) is 0.800. The molecular formula is C13H16F2N4O2. The van der Waals surface area contributed by atoms with E-state index >= 15 is 0 Å². The Labute approximate surface area is 120 Å². The van der Waals surface area contributed by atoms with E-state index in [0.717, 1.165) is 30.6 Å². The normalized spacial score (nSPS) is 18.9. The molecule has 0 bridgehead atoms. The lowest BCUT2D eigenvalue weighted by atomic mass is 10.0. The highest BCUT2D eigenvalue weighted by Gasteiger charge is 2.33. The van der Waals surface area contributed by atoms with E-state index in [1.54, 1.807) is 12.3 Å². The Balaban J connectivity index is 0.000000497. The van der Waals surface area contributed by atoms with Gasteiger partial charge in [0.05, 0.1) is 25.0 Å². The van der Waals surface area contributed by atoms with Gasteiger partial charge in [-0.3, -0.25) is 0 Å². The SMILES string of the molecule is COC(=O)c1cc2c(cn1)N=C(N)N1CCCC21.FCF. The number of hydrogen-bond acceptors (Lipinski definition) is 6. The number of esters is 1. The van der Waals surface area contributed by atoms with Crippen molar-refractivity contribution in [3.05, 3.63) is 23.5 Å². The van der Waals surface area contributed by atoms with Gasteiger partial charge in [-0.1, -0.05) is 0 Å². The summed E-state index contributed by atoms with van der Waals surface area (Å²) in [5.41, 5.74) is 8.00. The van der Waals surface area contributed by atoms with Crippen LogP contribution in [0.3, 0.4) is 0 Å². The van der Waals surface area contributed by atoms with E-state index < -0.39 is 12.9 Å². The lowest BCUT2D eigenvalue weighted by Gasteiger charge is -2.30. The van der Waals surface area contributed by atoms with Gasteiger partial charge in [-0.15, -0.1) is 0 Å². The number of alkyl halides is 2. The fourth-order valence-electron chi connectivity index (χ4n) is 2.59. The van der Waals surface area contributed by atoms with Crippen LogP contribution in [0.5, 0.6) is 0 Å². The topological polar surface area (TPSA) is 80.8 Å². The molecule has 1 unspecified atom stereocenters. The first-order valence-electron chi connectivity index (χ1n) is 6.43. The Hall–Kier alpha value is -2.25. The molecule has 1 fully saturated rings. The molecule has 3 rings (SSSR count). The van der Waals surface area contributed by atoms with Crippen LogP contribution in [0.15, 0.2) is 17.3 Å². The molecule has 21 heavy (non-hydrogen) atoms. The third-order valence-corrected chi connectivity index (χ3v) is 3.45. The summed E-state index contributed by atoms with van der Waals surface area (Å²) in [6.07, 6.45) is 3.69. The van der Waals surface area contributed by atoms with Crippen molar-refractivity contribution < 1.29 is 18.3 Å². The third-order valence-electron chi connectivity index (χ3n) is 3.45. The molecule has 1 saturated heterocycles. The van der Waals surface area contributed by atoms with Gasteiger partial charge in [0.15, 0.2) is 5.96 Å². The van der Waals surface area contributed by atoms with Crippen LogP contribution in [0.1, 0.15) is 34.9 Å². The Morgan fingerprint density at radius 3 is 2.95 bits per heavy atom. The van der Waals surface area contributed by atoms with Crippen LogP contribution in [0.2, 0.25) is 0 Å². The van der Waals surface area contributed by atoms with E-state index in [0.29, 0.717) is 11.7 Å². The molecule has 0 aromatic carbocycles. The summed E-state index contributed by atoms with van der Waals surface area (Å²) >= 11 is 0. The van der Waals surface area contributed by atoms with Gasteiger partial charge < -0.3 is 15.4 Å². The van der Waals surface area contributed by atoms with Gasteiger partial charge in [0.25, 0.3) is 0 Å². The molecule has 0 amide bonds. The monoisotopic (exact) mass is 298 g/mol. The second-order valence-corrected chi connectivity index (χ2v) is 4.54. The summed E-state index contributed by atoms with van der Waals surface area (Å²) in [4.78, 5) is 21.9. The highest BCUT2D eigenvalue weighted by atomic mass is 19.3. The fraction of sp³-hybridized carbons (Fsp3) is 0.462. The molecule has 1 aromatic rings. The third kappa shape index (κ3) is 2.93. The van der Waals surface area contributed by atoms with E-state index in [1.165, 1.54) is 7.11 Å². The van der Waals surface area contributed by atoms with Gasteiger partial charge in [-0.2, -0.15) is 0 Å². The van der Waals surface area contributed by atoms with Crippen LogP contribution in [-0.4, -0.2) is 42.4 Å². The first-order chi connectivity index (χ1) is 10.1. The zero-order valence-electron chi connectivity index (χ0n) is 11.6. The molecular weight excluding hydrogens is 282 g/mol. The largest absolute Gasteiger partial charge is 0.464 e. The van der Waals surface area contributed by atoms with Crippen LogP contribution in [0.25, 0.3) is 0 Å². The van der Waals surface area contributed by atoms with Crippen molar-refractivity contribution in [1.82, 2.24) is 9.88 Å². The van der Waals surface area contributed by atoms with Gasteiger partial charge in [0, 0.05) is 12.1 Å². The van der Waals surface area contributed by atoms with Crippen molar-refractivity contribution in [2.75, 3.05) is 20.6 Å². The number of pyridine rings is 1. The van der Waals surface area contributed by atoms with Gasteiger partial charge in [-0.05, 0) is 18.9 Å². The summed E-state index contributed by atoms with van der Waals surface area (Å²) in [6.45, 7) is -0.838. The minimum Gasteiger partial charge on any atom is -0.464 e. The minimum absolute atomic E-state index is 0.212. The second kappa shape index (κ2) is 6.47. The Morgan fingerprint density at radius 2 is 2.29 bits per heavy atom. The predicted octanol–water partition coefficient (Wildman–Crippen LogP) is 1.85. The molecule has 0 saturated carbocycles. The molecule has 1 aromatic heterocycles. The molecule has 0 radical (unpaired) electrons. The maximum Gasteiger partial charge on any atom is 0.356 e. The predicted molar refractivity (Wildman–Crippen MR) is 72.6 cm³/mol. The number of halogens is 2. The van der Waals surface area contributed by atoms with Crippen molar-refractivity contribution in [3.8, 4) is 0 Å². The van der Waals surface area contributed by atoms with Crippen LogP contribution in [0.4, 0.5) is 14.5 Å². The fourth-order valence-corrected chi connectivity index (χ4v) is 2.59. The molecule has 1 atom stereocenters. The van der Waals surface area contributed by atoms with Crippen LogP contribution in [0, 0.1) is 0 Å². The number of nitrogens with zero attached hydrogens (tertiary/aromatic N) is 3. The van der Waals surface area contributed by atoms with Crippen LogP contribution in [-0.2, 0) is 4.74 Å². The standard InChI is InChI=1S/C12H14N4O2.CH2F2/c1-18-11(17)8-5-7-9(6-14-8)15-12(13)16-4-2-3-10(7)16;2-1-3/h5-6,10H,2-4H2,1H3,(H2,13,15);1H2. The lowest BCUT2D eigenvalue weighted by molar-refractivity contribution is 0.0594. The van der Waals surface area contributed by atoms with E-state index in [4.69, 9.17) is 5.73 Å². The number of fused-ring (bicyclic) bond motifs is 3. The number of carbonyl (C=O) groups is 1. The smallest absolute Gasteiger partial charge is 0.356 e. The number of nitrogens with two attached hydrogens (primary N) is 1. The second-order valence-electron chi connectivity index (χ2n) is 4.54. The van der Waals surface area contributed by atoms with Crippen LogP contribution < -0.4 is 5.73 Å². The molecule has 114 valence electrons. The molecule has 2 N–H and O–H groups in total. The van der Waals surface area contributed by atoms with Crippen molar-refractivity contribution in [2.24, 2.45) is 10.7 Å².